The van der Waals surface area contributed by atoms with Crippen LogP contribution in [0.4, 0.5) is 0 Å². The molecule has 3 heteroatoms. The Morgan fingerprint density at radius 2 is 2.06 bits per heavy atom. The van der Waals surface area contributed by atoms with E-state index in [0.717, 1.165) is 5.92 Å². The van der Waals surface area contributed by atoms with E-state index in [1.807, 2.05) is 0 Å². The second-order valence-corrected chi connectivity index (χ2v) is 6.62. The lowest BCUT2D eigenvalue weighted by Gasteiger charge is -2.42. The van der Waals surface area contributed by atoms with Gasteiger partial charge in [-0.2, -0.15) is 0 Å². The Morgan fingerprint density at radius 1 is 1.22 bits per heavy atom. The molecule has 1 unspecified atom stereocenters. The standard InChI is InChI=1S/C15H31N3/c1-16-12-15(7-4-8-15)13-17-9-6-14-5-3-10-18(2)11-14/h14,16-17H,3-13H2,1-2H3. The molecule has 0 radical (unpaired) electrons. The summed E-state index contributed by atoms with van der Waals surface area (Å²) >= 11 is 0. The van der Waals surface area contributed by atoms with E-state index >= 15 is 0 Å². The second kappa shape index (κ2) is 6.88. The summed E-state index contributed by atoms with van der Waals surface area (Å²) in [5, 5.41) is 7.08. The van der Waals surface area contributed by atoms with Gasteiger partial charge in [0.1, 0.15) is 0 Å². The van der Waals surface area contributed by atoms with Crippen molar-refractivity contribution >= 4 is 0 Å². The van der Waals surface area contributed by atoms with E-state index in [4.69, 9.17) is 0 Å². The fraction of sp³-hybridized carbons (Fsp3) is 1.00. The Morgan fingerprint density at radius 3 is 2.67 bits per heavy atom. The molecule has 1 atom stereocenters. The van der Waals surface area contributed by atoms with Crippen molar-refractivity contribution in [2.75, 3.05) is 46.8 Å². The van der Waals surface area contributed by atoms with Crippen molar-refractivity contribution in [2.24, 2.45) is 11.3 Å². The maximum atomic E-state index is 3.72. The lowest BCUT2D eigenvalue weighted by Crippen LogP contribution is -2.46. The van der Waals surface area contributed by atoms with E-state index in [0.29, 0.717) is 5.41 Å². The van der Waals surface area contributed by atoms with Crippen molar-refractivity contribution in [2.45, 2.75) is 38.5 Å². The summed E-state index contributed by atoms with van der Waals surface area (Å²) < 4.78 is 0. The van der Waals surface area contributed by atoms with E-state index in [9.17, 15) is 0 Å². The van der Waals surface area contributed by atoms with Crippen LogP contribution in [0.3, 0.4) is 0 Å². The highest BCUT2D eigenvalue weighted by molar-refractivity contribution is 4.91. The third-order valence-electron chi connectivity index (χ3n) is 4.92. The van der Waals surface area contributed by atoms with Gasteiger partial charge in [-0.3, -0.25) is 0 Å². The van der Waals surface area contributed by atoms with Gasteiger partial charge in [-0.25, -0.2) is 0 Å². The molecule has 0 aromatic heterocycles. The van der Waals surface area contributed by atoms with E-state index in [-0.39, 0.29) is 0 Å². The van der Waals surface area contributed by atoms with Crippen LogP contribution in [0.5, 0.6) is 0 Å². The van der Waals surface area contributed by atoms with Crippen molar-refractivity contribution in [3.05, 3.63) is 0 Å². The third-order valence-corrected chi connectivity index (χ3v) is 4.92. The minimum absolute atomic E-state index is 0.581. The van der Waals surface area contributed by atoms with Crippen LogP contribution in [-0.2, 0) is 0 Å². The van der Waals surface area contributed by atoms with Gasteiger partial charge < -0.3 is 15.5 Å². The zero-order valence-electron chi connectivity index (χ0n) is 12.3. The molecule has 0 bridgehead atoms. The summed E-state index contributed by atoms with van der Waals surface area (Å²) in [6.07, 6.45) is 8.44. The highest BCUT2D eigenvalue weighted by atomic mass is 15.1. The molecule has 0 amide bonds. The molecule has 1 heterocycles. The Labute approximate surface area is 113 Å². The number of hydrogen-bond acceptors (Lipinski definition) is 3. The van der Waals surface area contributed by atoms with E-state index in [1.165, 1.54) is 71.2 Å². The predicted octanol–water partition coefficient (Wildman–Crippen LogP) is 1.70. The molecule has 0 aromatic rings. The van der Waals surface area contributed by atoms with E-state index in [2.05, 4.69) is 29.6 Å². The van der Waals surface area contributed by atoms with Gasteiger partial charge in [0.25, 0.3) is 0 Å². The van der Waals surface area contributed by atoms with Crippen LogP contribution in [0.15, 0.2) is 0 Å². The number of rotatable bonds is 7. The Kier molecular flexibility index (Phi) is 5.46. The van der Waals surface area contributed by atoms with Crippen molar-refractivity contribution < 1.29 is 0 Å². The van der Waals surface area contributed by atoms with Crippen LogP contribution >= 0.6 is 0 Å². The minimum Gasteiger partial charge on any atom is -0.319 e. The lowest BCUT2D eigenvalue weighted by atomic mass is 9.68. The van der Waals surface area contributed by atoms with Crippen LogP contribution in [0.25, 0.3) is 0 Å². The quantitative estimate of drug-likeness (QED) is 0.676. The molecular weight excluding hydrogens is 222 g/mol. The Hall–Kier alpha value is -0.120. The molecule has 1 saturated heterocycles. The molecular formula is C15H31N3. The fourth-order valence-corrected chi connectivity index (χ4v) is 3.64. The highest BCUT2D eigenvalue weighted by Crippen LogP contribution is 2.39. The third kappa shape index (κ3) is 3.94. The summed E-state index contributed by atoms with van der Waals surface area (Å²) in [5.74, 6) is 0.929. The van der Waals surface area contributed by atoms with Gasteiger partial charge >= 0.3 is 0 Å². The topological polar surface area (TPSA) is 27.3 Å². The van der Waals surface area contributed by atoms with Gasteiger partial charge in [-0.15, -0.1) is 0 Å². The molecule has 106 valence electrons. The molecule has 2 aliphatic rings. The van der Waals surface area contributed by atoms with Crippen molar-refractivity contribution in [1.29, 1.82) is 0 Å². The fourth-order valence-electron chi connectivity index (χ4n) is 3.64. The minimum atomic E-state index is 0.581. The second-order valence-electron chi connectivity index (χ2n) is 6.62. The average molecular weight is 253 g/mol. The van der Waals surface area contributed by atoms with Crippen LogP contribution in [0, 0.1) is 11.3 Å². The number of nitrogens with zero attached hydrogens (tertiary/aromatic N) is 1. The van der Waals surface area contributed by atoms with Gasteiger partial charge in [0.15, 0.2) is 0 Å². The van der Waals surface area contributed by atoms with Crippen LogP contribution < -0.4 is 10.6 Å². The summed E-state index contributed by atoms with van der Waals surface area (Å²) in [6, 6.07) is 0. The summed E-state index contributed by atoms with van der Waals surface area (Å²) in [4.78, 5) is 2.49. The molecule has 0 aromatic carbocycles. The monoisotopic (exact) mass is 253 g/mol. The first-order chi connectivity index (χ1) is 8.74. The van der Waals surface area contributed by atoms with Gasteiger partial charge in [0.2, 0.25) is 0 Å². The molecule has 2 fully saturated rings. The average Bonchev–Trinajstić information content (AvgIpc) is 2.31. The predicted molar refractivity (Wildman–Crippen MR) is 77.9 cm³/mol. The Balaban J connectivity index is 1.57. The summed E-state index contributed by atoms with van der Waals surface area (Å²) in [6.45, 7) is 6.23. The number of nitrogens with one attached hydrogen (secondary N) is 2. The van der Waals surface area contributed by atoms with Crippen molar-refractivity contribution in [1.82, 2.24) is 15.5 Å². The Bertz CT molecular complexity index is 238. The molecule has 2 N–H and O–H groups in total. The summed E-state index contributed by atoms with van der Waals surface area (Å²) in [7, 11) is 4.34. The zero-order valence-corrected chi connectivity index (χ0v) is 12.3. The number of hydrogen-bond donors (Lipinski definition) is 2. The van der Waals surface area contributed by atoms with Gasteiger partial charge in [0.05, 0.1) is 0 Å². The van der Waals surface area contributed by atoms with Crippen molar-refractivity contribution in [3.63, 3.8) is 0 Å². The summed E-state index contributed by atoms with van der Waals surface area (Å²) in [5.41, 5.74) is 0.581. The molecule has 0 spiro atoms. The highest BCUT2D eigenvalue weighted by Gasteiger charge is 2.35. The molecule has 1 aliphatic heterocycles. The van der Waals surface area contributed by atoms with Crippen LogP contribution in [-0.4, -0.2) is 51.7 Å². The van der Waals surface area contributed by atoms with Gasteiger partial charge in [0, 0.05) is 19.6 Å². The molecule has 1 aliphatic carbocycles. The number of piperidine rings is 1. The molecule has 3 nitrogen and oxygen atoms in total. The first kappa shape index (κ1) is 14.3. The van der Waals surface area contributed by atoms with Crippen LogP contribution in [0.1, 0.15) is 38.5 Å². The van der Waals surface area contributed by atoms with E-state index in [1.54, 1.807) is 0 Å². The SMILES string of the molecule is CNCC1(CNCCC2CCCN(C)C2)CCC1. The smallest absolute Gasteiger partial charge is 0.00200 e. The maximum absolute atomic E-state index is 3.72. The van der Waals surface area contributed by atoms with Crippen LogP contribution in [0.2, 0.25) is 0 Å². The van der Waals surface area contributed by atoms with E-state index < -0.39 is 0 Å². The van der Waals surface area contributed by atoms with Gasteiger partial charge in [-0.1, -0.05) is 6.42 Å². The number of likely N-dealkylation sites (tertiary alicyclic amines) is 1. The maximum Gasteiger partial charge on any atom is 0.00200 e. The molecule has 18 heavy (non-hydrogen) atoms. The van der Waals surface area contributed by atoms with Crippen molar-refractivity contribution in [3.8, 4) is 0 Å². The zero-order chi connectivity index (χ0) is 12.8. The normalized spacial score (nSPS) is 28.0. The van der Waals surface area contributed by atoms with Gasteiger partial charge in [-0.05, 0) is 70.6 Å². The first-order valence-electron chi connectivity index (χ1n) is 7.78. The molecule has 1 saturated carbocycles. The molecule has 2 rings (SSSR count). The largest absolute Gasteiger partial charge is 0.319 e. The lowest BCUT2D eigenvalue weighted by molar-refractivity contribution is 0.128. The first-order valence-corrected chi connectivity index (χ1v) is 7.78.